The fraction of sp³-hybridized carbons (Fsp3) is 0.647. The number of hydrogen-bond donors (Lipinski definition) is 1. The molecule has 0 aromatic heterocycles. The number of piperidine rings is 1. The molecule has 0 bridgehead atoms. The molecule has 1 aromatic carbocycles. The van der Waals surface area contributed by atoms with Gasteiger partial charge in [-0.2, -0.15) is 0 Å². The standard InChI is InChI=1S/C17H25ClN2O/c1-2-21-16-4-3-9-20(12-16)17-10-14(18)6-5-13(17)11-19-15-7-8-15/h5-6,10,15-16,19H,2-4,7-9,11-12H2,1H3. The highest BCUT2D eigenvalue weighted by molar-refractivity contribution is 6.30. The third-order valence-electron chi connectivity index (χ3n) is 4.33. The van der Waals surface area contributed by atoms with Crippen LogP contribution in [0.3, 0.4) is 0 Å². The zero-order valence-electron chi connectivity index (χ0n) is 12.8. The molecule has 1 saturated carbocycles. The summed E-state index contributed by atoms with van der Waals surface area (Å²) in [6.45, 7) is 5.88. The lowest BCUT2D eigenvalue weighted by Crippen LogP contribution is -2.40. The Morgan fingerprint density at radius 3 is 2.95 bits per heavy atom. The van der Waals surface area contributed by atoms with E-state index in [9.17, 15) is 0 Å². The monoisotopic (exact) mass is 308 g/mol. The van der Waals surface area contributed by atoms with E-state index in [0.29, 0.717) is 6.10 Å². The van der Waals surface area contributed by atoms with Crippen LogP contribution in [0.4, 0.5) is 5.69 Å². The first-order valence-corrected chi connectivity index (χ1v) is 8.52. The van der Waals surface area contributed by atoms with Crippen molar-refractivity contribution in [2.45, 2.75) is 51.3 Å². The molecule has 0 radical (unpaired) electrons. The van der Waals surface area contributed by atoms with Crippen molar-refractivity contribution in [1.29, 1.82) is 0 Å². The van der Waals surface area contributed by atoms with Gasteiger partial charge in [0.05, 0.1) is 6.10 Å². The summed E-state index contributed by atoms with van der Waals surface area (Å²) in [4.78, 5) is 2.44. The van der Waals surface area contributed by atoms with Crippen LogP contribution in [0, 0.1) is 0 Å². The van der Waals surface area contributed by atoms with Gasteiger partial charge in [-0.05, 0) is 50.3 Å². The van der Waals surface area contributed by atoms with E-state index in [1.807, 2.05) is 6.07 Å². The van der Waals surface area contributed by atoms with Crippen molar-refractivity contribution in [3.8, 4) is 0 Å². The van der Waals surface area contributed by atoms with Crippen LogP contribution in [0.2, 0.25) is 5.02 Å². The molecule has 3 rings (SSSR count). The van der Waals surface area contributed by atoms with Gasteiger partial charge in [0, 0.05) is 43.0 Å². The minimum absolute atomic E-state index is 0.354. The number of hydrogen-bond acceptors (Lipinski definition) is 3. The van der Waals surface area contributed by atoms with Crippen LogP contribution in [0.1, 0.15) is 38.2 Å². The quantitative estimate of drug-likeness (QED) is 0.869. The van der Waals surface area contributed by atoms with Gasteiger partial charge in [0.1, 0.15) is 0 Å². The second-order valence-electron chi connectivity index (χ2n) is 6.09. The molecule has 1 saturated heterocycles. The van der Waals surface area contributed by atoms with Crippen LogP contribution in [-0.4, -0.2) is 31.8 Å². The second kappa shape index (κ2) is 6.99. The lowest BCUT2D eigenvalue weighted by Gasteiger charge is -2.35. The van der Waals surface area contributed by atoms with E-state index in [1.54, 1.807) is 0 Å². The van der Waals surface area contributed by atoms with Gasteiger partial charge in [-0.3, -0.25) is 0 Å². The van der Waals surface area contributed by atoms with Gasteiger partial charge in [0.25, 0.3) is 0 Å². The van der Waals surface area contributed by atoms with Crippen LogP contribution >= 0.6 is 11.6 Å². The molecule has 2 aliphatic rings. The molecular formula is C17H25ClN2O. The summed E-state index contributed by atoms with van der Waals surface area (Å²) in [7, 11) is 0. The topological polar surface area (TPSA) is 24.5 Å². The van der Waals surface area contributed by atoms with Crippen LogP contribution in [-0.2, 0) is 11.3 Å². The van der Waals surface area contributed by atoms with Crippen molar-refractivity contribution in [3.05, 3.63) is 28.8 Å². The summed E-state index contributed by atoms with van der Waals surface area (Å²) in [5.74, 6) is 0. The second-order valence-corrected chi connectivity index (χ2v) is 6.53. The van der Waals surface area contributed by atoms with E-state index < -0.39 is 0 Å². The third-order valence-corrected chi connectivity index (χ3v) is 4.56. The summed E-state index contributed by atoms with van der Waals surface area (Å²) in [6.07, 6.45) is 5.35. The van der Waals surface area contributed by atoms with Gasteiger partial charge in [0.2, 0.25) is 0 Å². The van der Waals surface area contributed by atoms with E-state index in [1.165, 1.54) is 36.9 Å². The zero-order valence-corrected chi connectivity index (χ0v) is 13.5. The Morgan fingerprint density at radius 1 is 1.33 bits per heavy atom. The van der Waals surface area contributed by atoms with Gasteiger partial charge in [-0.15, -0.1) is 0 Å². The van der Waals surface area contributed by atoms with E-state index in [2.05, 4.69) is 29.3 Å². The molecule has 0 amide bonds. The number of halogens is 1. The predicted molar refractivity (Wildman–Crippen MR) is 88.2 cm³/mol. The first-order chi connectivity index (χ1) is 10.3. The number of benzene rings is 1. The van der Waals surface area contributed by atoms with E-state index in [4.69, 9.17) is 16.3 Å². The Kier molecular flexibility index (Phi) is 5.04. The Bertz CT molecular complexity index is 474. The molecule has 4 heteroatoms. The zero-order chi connectivity index (χ0) is 14.7. The van der Waals surface area contributed by atoms with Gasteiger partial charge >= 0.3 is 0 Å². The molecule has 1 atom stereocenters. The smallest absolute Gasteiger partial charge is 0.0750 e. The van der Waals surface area contributed by atoms with Crippen molar-refractivity contribution in [3.63, 3.8) is 0 Å². The van der Waals surface area contributed by atoms with E-state index in [-0.39, 0.29) is 0 Å². The van der Waals surface area contributed by atoms with Crippen molar-refractivity contribution in [2.75, 3.05) is 24.6 Å². The van der Waals surface area contributed by atoms with Gasteiger partial charge < -0.3 is 15.0 Å². The third kappa shape index (κ3) is 4.12. The molecule has 1 aliphatic heterocycles. The predicted octanol–water partition coefficient (Wildman–Crippen LogP) is 3.60. The highest BCUT2D eigenvalue weighted by Crippen LogP contribution is 2.29. The summed E-state index contributed by atoms with van der Waals surface area (Å²) in [5, 5.41) is 4.43. The molecule has 1 heterocycles. The van der Waals surface area contributed by atoms with Gasteiger partial charge in [0.15, 0.2) is 0 Å². The Morgan fingerprint density at radius 2 is 2.19 bits per heavy atom. The van der Waals surface area contributed by atoms with Crippen LogP contribution in [0.5, 0.6) is 0 Å². The molecular weight excluding hydrogens is 284 g/mol. The number of nitrogens with zero attached hydrogens (tertiary/aromatic N) is 1. The lowest BCUT2D eigenvalue weighted by molar-refractivity contribution is 0.0526. The Balaban J connectivity index is 1.73. The summed E-state index contributed by atoms with van der Waals surface area (Å²) in [5.41, 5.74) is 2.63. The van der Waals surface area contributed by atoms with Gasteiger partial charge in [-0.25, -0.2) is 0 Å². The molecule has 1 unspecified atom stereocenters. The highest BCUT2D eigenvalue weighted by Gasteiger charge is 2.24. The minimum atomic E-state index is 0.354. The van der Waals surface area contributed by atoms with Crippen LogP contribution < -0.4 is 10.2 Å². The normalized spacial score (nSPS) is 22.6. The van der Waals surface area contributed by atoms with Crippen molar-refractivity contribution < 1.29 is 4.74 Å². The first-order valence-electron chi connectivity index (χ1n) is 8.14. The largest absolute Gasteiger partial charge is 0.377 e. The summed E-state index contributed by atoms with van der Waals surface area (Å²) < 4.78 is 5.82. The molecule has 1 aliphatic carbocycles. The molecule has 1 aromatic rings. The average Bonchev–Trinajstić information content (AvgIpc) is 3.31. The van der Waals surface area contributed by atoms with Crippen LogP contribution in [0.25, 0.3) is 0 Å². The fourth-order valence-corrected chi connectivity index (χ4v) is 3.22. The van der Waals surface area contributed by atoms with E-state index in [0.717, 1.165) is 37.3 Å². The Hall–Kier alpha value is -0.770. The number of rotatable bonds is 6. The molecule has 1 N–H and O–H groups in total. The van der Waals surface area contributed by atoms with Gasteiger partial charge in [-0.1, -0.05) is 17.7 Å². The van der Waals surface area contributed by atoms with Crippen molar-refractivity contribution >= 4 is 17.3 Å². The summed E-state index contributed by atoms with van der Waals surface area (Å²) in [6, 6.07) is 7.00. The average molecular weight is 309 g/mol. The lowest BCUT2D eigenvalue weighted by atomic mass is 10.0. The minimum Gasteiger partial charge on any atom is -0.377 e. The molecule has 0 spiro atoms. The molecule has 21 heavy (non-hydrogen) atoms. The molecule has 3 nitrogen and oxygen atoms in total. The fourth-order valence-electron chi connectivity index (χ4n) is 3.05. The SMILES string of the molecule is CCOC1CCCN(c2cc(Cl)ccc2CNC2CC2)C1. The Labute approximate surface area is 132 Å². The number of anilines is 1. The maximum Gasteiger partial charge on any atom is 0.0750 e. The maximum absolute atomic E-state index is 6.23. The van der Waals surface area contributed by atoms with Crippen LogP contribution in [0.15, 0.2) is 18.2 Å². The van der Waals surface area contributed by atoms with E-state index >= 15 is 0 Å². The van der Waals surface area contributed by atoms with Crippen molar-refractivity contribution in [2.24, 2.45) is 0 Å². The number of ether oxygens (including phenoxy) is 1. The first kappa shape index (κ1) is 15.1. The summed E-state index contributed by atoms with van der Waals surface area (Å²) >= 11 is 6.23. The van der Waals surface area contributed by atoms with Crippen molar-refractivity contribution in [1.82, 2.24) is 5.32 Å². The maximum atomic E-state index is 6.23. The number of nitrogens with one attached hydrogen (secondary N) is 1. The molecule has 2 fully saturated rings. The highest BCUT2D eigenvalue weighted by atomic mass is 35.5. The molecule has 116 valence electrons.